The molecule has 1 aliphatic carbocycles. The van der Waals surface area contributed by atoms with Gasteiger partial charge in [-0.2, -0.15) is 0 Å². The molecule has 2 aliphatic rings. The molecule has 1 saturated carbocycles. The minimum absolute atomic E-state index is 0.0774. The van der Waals surface area contributed by atoms with Gasteiger partial charge in [-0.15, -0.1) is 0 Å². The van der Waals surface area contributed by atoms with E-state index in [1.54, 1.807) is 0 Å². The number of aliphatic hydroxyl groups excluding tert-OH is 4. The van der Waals surface area contributed by atoms with Crippen molar-refractivity contribution in [1.29, 1.82) is 0 Å². The molecule has 4 N–H and O–H groups in total. The van der Waals surface area contributed by atoms with Gasteiger partial charge in [-0.05, 0) is 24.7 Å². The first-order chi connectivity index (χ1) is 12.9. The van der Waals surface area contributed by atoms with Crippen LogP contribution < -0.4 is 0 Å². The van der Waals surface area contributed by atoms with Gasteiger partial charge in [0.15, 0.2) is 0 Å². The zero-order chi connectivity index (χ0) is 20.0. The number of hydrogen-bond donors (Lipinski definition) is 4. The van der Waals surface area contributed by atoms with Crippen molar-refractivity contribution in [2.75, 3.05) is 6.61 Å². The zero-order valence-corrected chi connectivity index (χ0v) is 16.8. The van der Waals surface area contributed by atoms with Gasteiger partial charge in [0.25, 0.3) is 0 Å². The molecule has 1 heterocycles. The summed E-state index contributed by atoms with van der Waals surface area (Å²) in [6, 6.07) is 0. The van der Waals surface area contributed by atoms with Gasteiger partial charge in [-0.25, -0.2) is 0 Å². The van der Waals surface area contributed by atoms with Gasteiger partial charge in [0.1, 0.15) is 30.2 Å². The lowest BCUT2D eigenvalue weighted by molar-refractivity contribution is -0.242. The maximum Gasteiger partial charge on any atom is 0.138 e. The Morgan fingerprint density at radius 3 is 2.22 bits per heavy atom. The van der Waals surface area contributed by atoms with E-state index in [9.17, 15) is 25.2 Å². The number of unbranched alkanes of at least 4 members (excludes halogenated alkanes) is 3. The number of rotatable bonds is 9. The molecule has 6 nitrogen and oxygen atoms in total. The second-order valence-electron chi connectivity index (χ2n) is 8.46. The molecule has 158 valence electrons. The maximum atomic E-state index is 12.9. The smallest absolute Gasteiger partial charge is 0.138 e. The molecule has 0 spiro atoms. The van der Waals surface area contributed by atoms with Crippen LogP contribution in [0.3, 0.4) is 0 Å². The molecular weight excluding hydrogens is 348 g/mol. The summed E-state index contributed by atoms with van der Waals surface area (Å²) in [4.78, 5) is 12.9. The molecule has 0 aromatic rings. The van der Waals surface area contributed by atoms with Crippen LogP contribution in [0.2, 0.25) is 0 Å². The molecule has 1 aliphatic heterocycles. The normalized spacial score (nSPS) is 40.3. The van der Waals surface area contributed by atoms with E-state index in [-0.39, 0.29) is 5.78 Å². The van der Waals surface area contributed by atoms with Crippen molar-refractivity contribution >= 4 is 5.78 Å². The molecule has 2 rings (SSSR count). The van der Waals surface area contributed by atoms with Crippen molar-refractivity contribution in [2.45, 2.75) is 102 Å². The quantitative estimate of drug-likeness (QED) is 0.450. The zero-order valence-electron chi connectivity index (χ0n) is 16.8. The first-order valence-corrected chi connectivity index (χ1v) is 10.8. The predicted molar refractivity (Wildman–Crippen MR) is 102 cm³/mol. The van der Waals surface area contributed by atoms with Crippen LogP contribution in [0.15, 0.2) is 0 Å². The van der Waals surface area contributed by atoms with E-state index >= 15 is 0 Å². The highest BCUT2D eigenvalue weighted by Gasteiger charge is 2.50. The van der Waals surface area contributed by atoms with Crippen LogP contribution >= 0.6 is 0 Å². The molecule has 0 aromatic heterocycles. The molecule has 0 aromatic carbocycles. The van der Waals surface area contributed by atoms with Crippen LogP contribution in [0.1, 0.15) is 71.6 Å². The summed E-state index contributed by atoms with van der Waals surface area (Å²) in [5, 5.41) is 39.9. The Balaban J connectivity index is 2.10. The lowest BCUT2D eigenvalue weighted by Crippen LogP contribution is -2.61. The molecule has 5 unspecified atom stereocenters. The van der Waals surface area contributed by atoms with Crippen molar-refractivity contribution < 1.29 is 30.0 Å². The topological polar surface area (TPSA) is 107 Å². The SMILES string of the molecule is CCCCC[C@@H]1CC(=O)[C@@H](C2OC(CO)C(O)C(O)C2O)C[C@@H]1CCCC. The lowest BCUT2D eigenvalue weighted by atomic mass is 9.67. The molecule has 8 atom stereocenters. The van der Waals surface area contributed by atoms with Gasteiger partial charge in [0, 0.05) is 12.3 Å². The monoisotopic (exact) mass is 386 g/mol. The van der Waals surface area contributed by atoms with Crippen molar-refractivity contribution in [3.8, 4) is 0 Å². The predicted octanol–water partition coefficient (Wildman–Crippen LogP) is 1.81. The van der Waals surface area contributed by atoms with Gasteiger partial charge >= 0.3 is 0 Å². The number of hydrogen-bond acceptors (Lipinski definition) is 6. The van der Waals surface area contributed by atoms with Crippen LogP contribution in [0.5, 0.6) is 0 Å². The molecular formula is C21H38O6. The van der Waals surface area contributed by atoms with Gasteiger partial charge in [0.05, 0.1) is 12.7 Å². The Hall–Kier alpha value is -0.530. The van der Waals surface area contributed by atoms with Crippen molar-refractivity contribution in [1.82, 2.24) is 0 Å². The summed E-state index contributed by atoms with van der Waals surface area (Å²) in [6.07, 6.45) is 3.06. The molecule has 0 bridgehead atoms. The summed E-state index contributed by atoms with van der Waals surface area (Å²) in [7, 11) is 0. The van der Waals surface area contributed by atoms with E-state index in [1.807, 2.05) is 0 Å². The number of ether oxygens (including phenoxy) is 1. The summed E-state index contributed by atoms with van der Waals surface area (Å²) < 4.78 is 5.70. The van der Waals surface area contributed by atoms with Gasteiger partial charge in [-0.3, -0.25) is 4.79 Å². The van der Waals surface area contributed by atoms with Gasteiger partial charge < -0.3 is 25.2 Å². The third-order valence-corrected chi connectivity index (χ3v) is 6.53. The Morgan fingerprint density at radius 2 is 1.59 bits per heavy atom. The highest BCUT2D eigenvalue weighted by molar-refractivity contribution is 5.82. The third kappa shape index (κ3) is 5.51. The fourth-order valence-electron chi connectivity index (χ4n) is 4.82. The Labute approximate surface area is 162 Å². The largest absolute Gasteiger partial charge is 0.394 e. The van der Waals surface area contributed by atoms with Crippen LogP contribution in [0, 0.1) is 17.8 Å². The van der Waals surface area contributed by atoms with Crippen LogP contribution in [0.25, 0.3) is 0 Å². The second kappa shape index (κ2) is 10.9. The minimum atomic E-state index is -1.41. The summed E-state index contributed by atoms with van der Waals surface area (Å²) in [5.41, 5.74) is 0. The van der Waals surface area contributed by atoms with E-state index in [2.05, 4.69) is 13.8 Å². The van der Waals surface area contributed by atoms with E-state index < -0.39 is 43.0 Å². The first kappa shape index (κ1) is 22.8. The van der Waals surface area contributed by atoms with Gasteiger partial charge in [-0.1, -0.05) is 52.4 Å². The molecule has 2 fully saturated rings. The van der Waals surface area contributed by atoms with Crippen molar-refractivity contribution in [3.63, 3.8) is 0 Å². The minimum Gasteiger partial charge on any atom is -0.394 e. The molecule has 27 heavy (non-hydrogen) atoms. The number of Topliss-reactive ketones (excluding diaryl/α,β-unsaturated/α-hetero) is 1. The standard InChI is InChI=1S/C21H38O6/c1-3-5-7-9-14-11-16(23)15(10-13(14)8-6-4-2)21-20(26)19(25)18(24)17(12-22)27-21/h13-15,17-22,24-26H,3-12H2,1-2H3/t13-,14+,15-,17?,18?,19?,20?,21?/m0/s1. The van der Waals surface area contributed by atoms with E-state index in [0.29, 0.717) is 24.7 Å². The Morgan fingerprint density at radius 1 is 0.926 bits per heavy atom. The van der Waals surface area contributed by atoms with Crippen molar-refractivity contribution in [2.24, 2.45) is 17.8 Å². The third-order valence-electron chi connectivity index (χ3n) is 6.53. The van der Waals surface area contributed by atoms with Crippen LogP contribution in [-0.4, -0.2) is 63.3 Å². The average molecular weight is 387 g/mol. The molecule has 0 radical (unpaired) electrons. The number of carbonyl (C=O) groups is 1. The number of aliphatic hydroxyl groups is 4. The summed E-state index contributed by atoms with van der Waals surface area (Å²) in [5.74, 6) is 0.391. The average Bonchev–Trinajstić information content (AvgIpc) is 2.66. The fourth-order valence-corrected chi connectivity index (χ4v) is 4.82. The van der Waals surface area contributed by atoms with E-state index in [4.69, 9.17) is 4.74 Å². The van der Waals surface area contributed by atoms with Crippen LogP contribution in [-0.2, 0) is 9.53 Å². The lowest BCUT2D eigenvalue weighted by Gasteiger charge is -2.46. The Kier molecular flexibility index (Phi) is 9.16. The number of carbonyl (C=O) groups excluding carboxylic acids is 1. The van der Waals surface area contributed by atoms with E-state index in [0.717, 1.165) is 38.5 Å². The van der Waals surface area contributed by atoms with Gasteiger partial charge in [0.2, 0.25) is 0 Å². The second-order valence-corrected chi connectivity index (χ2v) is 8.46. The summed E-state index contributed by atoms with van der Waals surface area (Å²) >= 11 is 0. The first-order valence-electron chi connectivity index (χ1n) is 10.8. The maximum absolute atomic E-state index is 12.9. The number of ketones is 1. The molecule has 0 amide bonds. The molecule has 1 saturated heterocycles. The Bertz CT molecular complexity index is 454. The fraction of sp³-hybridized carbons (Fsp3) is 0.952. The van der Waals surface area contributed by atoms with Crippen molar-refractivity contribution in [3.05, 3.63) is 0 Å². The highest BCUT2D eigenvalue weighted by Crippen LogP contribution is 2.41. The summed E-state index contributed by atoms with van der Waals surface area (Å²) in [6.45, 7) is 3.88. The van der Waals surface area contributed by atoms with E-state index in [1.165, 1.54) is 6.42 Å². The molecule has 6 heteroatoms. The van der Waals surface area contributed by atoms with Crippen LogP contribution in [0.4, 0.5) is 0 Å². The highest BCUT2D eigenvalue weighted by atomic mass is 16.5.